The van der Waals surface area contributed by atoms with Crippen LogP contribution in [0, 0.1) is 6.92 Å². The summed E-state index contributed by atoms with van der Waals surface area (Å²) in [6.07, 6.45) is 0.920. The van der Waals surface area contributed by atoms with Crippen LogP contribution in [0.5, 0.6) is 0 Å². The Hall–Kier alpha value is -1.16. The average molecular weight is 305 g/mol. The van der Waals surface area contributed by atoms with Crippen LogP contribution >= 0.6 is 23.2 Å². The zero-order valence-electron chi connectivity index (χ0n) is 11.1. The van der Waals surface area contributed by atoms with E-state index in [0.29, 0.717) is 16.7 Å². The number of rotatable bonds is 2. The van der Waals surface area contributed by atoms with Crippen molar-refractivity contribution in [2.24, 2.45) is 0 Å². The van der Waals surface area contributed by atoms with Crippen molar-refractivity contribution in [1.82, 2.24) is 0 Å². The third-order valence-electron chi connectivity index (χ3n) is 3.21. The van der Waals surface area contributed by atoms with Gasteiger partial charge in [-0.2, -0.15) is 0 Å². The number of halogens is 2. The molecule has 0 unspecified atom stereocenters. The minimum absolute atomic E-state index is 0.631. The maximum Gasteiger partial charge on any atom is 0.288 e. The summed E-state index contributed by atoms with van der Waals surface area (Å²) < 4.78 is 0. The molecule has 0 bridgehead atoms. The van der Waals surface area contributed by atoms with Crippen LogP contribution in [0.4, 0.5) is 5.69 Å². The lowest BCUT2D eigenvalue weighted by Crippen LogP contribution is -2.19. The standard InChI is InChI=1S/C15H13BCl2NO/c1-10-2-3-15(19-16-4-5-20-19)14(6-10)11-7-12(17)9-13(18)8-11/h2-3,6-9H,4-5H2,1H3. The van der Waals surface area contributed by atoms with Gasteiger partial charge >= 0.3 is 0 Å². The van der Waals surface area contributed by atoms with Crippen LogP contribution in [0.2, 0.25) is 16.4 Å². The second-order valence-corrected chi connectivity index (χ2v) is 5.68. The SMILES string of the molecule is Cc1ccc(N2[B]CCO2)c(-c2cc(Cl)cc(Cl)c2)c1. The molecule has 2 aromatic rings. The molecule has 1 fully saturated rings. The molecule has 1 heterocycles. The summed E-state index contributed by atoms with van der Waals surface area (Å²) in [5.41, 5.74) is 4.24. The fourth-order valence-corrected chi connectivity index (χ4v) is 2.85. The quantitative estimate of drug-likeness (QED) is 0.742. The Morgan fingerprint density at radius 1 is 1.10 bits per heavy atom. The highest BCUT2D eigenvalue weighted by atomic mass is 35.5. The molecule has 0 N–H and O–H groups in total. The largest absolute Gasteiger partial charge is 0.306 e. The van der Waals surface area contributed by atoms with Gasteiger partial charge in [-0.15, -0.1) is 0 Å². The molecule has 0 amide bonds. The molecule has 101 valence electrons. The number of hydrogen-bond acceptors (Lipinski definition) is 2. The van der Waals surface area contributed by atoms with Gasteiger partial charge in [-0.05, 0) is 49.1 Å². The van der Waals surface area contributed by atoms with Crippen molar-refractivity contribution >= 4 is 36.3 Å². The van der Waals surface area contributed by atoms with E-state index >= 15 is 0 Å². The molecule has 20 heavy (non-hydrogen) atoms. The Morgan fingerprint density at radius 3 is 2.50 bits per heavy atom. The fraction of sp³-hybridized carbons (Fsp3) is 0.200. The van der Waals surface area contributed by atoms with Gasteiger partial charge in [0.15, 0.2) is 0 Å². The number of aryl methyl sites for hydroxylation is 1. The normalized spacial score (nSPS) is 14.4. The van der Waals surface area contributed by atoms with Crippen molar-refractivity contribution in [1.29, 1.82) is 0 Å². The molecule has 1 aliphatic rings. The second-order valence-electron chi connectivity index (χ2n) is 4.81. The summed E-state index contributed by atoms with van der Waals surface area (Å²) in [5.74, 6) is 0. The molecule has 1 radical (unpaired) electrons. The molecule has 0 aromatic heterocycles. The summed E-state index contributed by atoms with van der Waals surface area (Å²) in [6, 6.07) is 11.8. The highest BCUT2D eigenvalue weighted by molar-refractivity contribution is 6.42. The minimum Gasteiger partial charge on any atom is -0.306 e. The Labute approximate surface area is 129 Å². The summed E-state index contributed by atoms with van der Waals surface area (Å²) in [4.78, 5) is 7.44. The number of nitrogens with zero attached hydrogens (tertiary/aromatic N) is 1. The summed E-state index contributed by atoms with van der Waals surface area (Å²) in [5, 5.41) is 1.26. The van der Waals surface area contributed by atoms with E-state index in [0.717, 1.165) is 23.1 Å². The molecule has 0 atom stereocenters. The van der Waals surface area contributed by atoms with E-state index in [4.69, 9.17) is 28.0 Å². The monoisotopic (exact) mass is 304 g/mol. The smallest absolute Gasteiger partial charge is 0.288 e. The highest BCUT2D eigenvalue weighted by Crippen LogP contribution is 2.35. The van der Waals surface area contributed by atoms with Crippen LogP contribution in [0.1, 0.15) is 5.56 Å². The Bertz CT molecular complexity index is 622. The van der Waals surface area contributed by atoms with Gasteiger partial charge in [0, 0.05) is 15.6 Å². The van der Waals surface area contributed by atoms with Crippen molar-refractivity contribution in [3.8, 4) is 11.1 Å². The van der Waals surface area contributed by atoms with Crippen molar-refractivity contribution < 1.29 is 4.84 Å². The third kappa shape index (κ3) is 2.80. The lowest BCUT2D eigenvalue weighted by atomic mass is 9.88. The molecule has 1 aliphatic heterocycles. The van der Waals surface area contributed by atoms with E-state index in [1.807, 2.05) is 24.5 Å². The number of anilines is 1. The summed E-state index contributed by atoms with van der Waals surface area (Å²) in [7, 11) is 2.04. The Morgan fingerprint density at radius 2 is 1.85 bits per heavy atom. The molecule has 0 spiro atoms. The van der Waals surface area contributed by atoms with Gasteiger partial charge in [0.25, 0.3) is 7.41 Å². The van der Waals surface area contributed by atoms with E-state index in [2.05, 4.69) is 25.1 Å². The first-order chi connectivity index (χ1) is 9.63. The van der Waals surface area contributed by atoms with E-state index in [-0.39, 0.29) is 0 Å². The van der Waals surface area contributed by atoms with E-state index in [1.165, 1.54) is 5.56 Å². The van der Waals surface area contributed by atoms with E-state index < -0.39 is 0 Å². The van der Waals surface area contributed by atoms with E-state index in [9.17, 15) is 0 Å². The average Bonchev–Trinajstić information content (AvgIpc) is 2.91. The van der Waals surface area contributed by atoms with Crippen LogP contribution in [0.25, 0.3) is 11.1 Å². The van der Waals surface area contributed by atoms with Crippen LogP contribution in [-0.2, 0) is 4.84 Å². The zero-order valence-corrected chi connectivity index (χ0v) is 12.6. The summed E-state index contributed by atoms with van der Waals surface area (Å²) in [6.45, 7) is 2.78. The third-order valence-corrected chi connectivity index (χ3v) is 3.64. The minimum atomic E-state index is 0.631. The van der Waals surface area contributed by atoms with E-state index in [1.54, 1.807) is 6.07 Å². The molecule has 0 aliphatic carbocycles. The van der Waals surface area contributed by atoms with Crippen LogP contribution in [-0.4, -0.2) is 14.0 Å². The highest BCUT2D eigenvalue weighted by Gasteiger charge is 2.19. The molecular formula is C15H13BCl2NO. The van der Waals surface area contributed by atoms with Crippen LogP contribution in [0.3, 0.4) is 0 Å². The fourth-order valence-electron chi connectivity index (χ4n) is 2.32. The van der Waals surface area contributed by atoms with Gasteiger partial charge in [0.2, 0.25) is 0 Å². The lowest BCUT2D eigenvalue weighted by Gasteiger charge is -2.21. The number of hydrogen-bond donors (Lipinski definition) is 0. The van der Waals surface area contributed by atoms with Crippen molar-refractivity contribution in [2.75, 3.05) is 11.6 Å². The maximum absolute atomic E-state index is 6.11. The Kier molecular flexibility index (Phi) is 3.93. The lowest BCUT2D eigenvalue weighted by molar-refractivity contribution is 0.185. The first-order valence-electron chi connectivity index (χ1n) is 6.46. The molecule has 0 saturated carbocycles. The zero-order chi connectivity index (χ0) is 14.1. The molecular weight excluding hydrogens is 292 g/mol. The first-order valence-corrected chi connectivity index (χ1v) is 7.22. The van der Waals surface area contributed by atoms with Gasteiger partial charge in [-0.1, -0.05) is 34.8 Å². The topological polar surface area (TPSA) is 12.5 Å². The molecule has 5 heteroatoms. The molecule has 2 aromatic carbocycles. The van der Waals surface area contributed by atoms with Crippen LogP contribution in [0.15, 0.2) is 36.4 Å². The maximum atomic E-state index is 6.11. The summed E-state index contributed by atoms with van der Waals surface area (Å²) >= 11 is 12.2. The van der Waals surface area contributed by atoms with Crippen LogP contribution < -0.4 is 4.97 Å². The van der Waals surface area contributed by atoms with Crippen molar-refractivity contribution in [2.45, 2.75) is 13.2 Å². The van der Waals surface area contributed by atoms with Crippen molar-refractivity contribution in [3.05, 3.63) is 52.0 Å². The van der Waals surface area contributed by atoms with Gasteiger partial charge in [-0.3, -0.25) is 4.84 Å². The Balaban J connectivity index is 2.13. The predicted octanol–water partition coefficient (Wildman–Crippen LogP) is 4.76. The molecule has 2 nitrogen and oxygen atoms in total. The van der Waals surface area contributed by atoms with Gasteiger partial charge in [0.1, 0.15) is 0 Å². The van der Waals surface area contributed by atoms with Gasteiger partial charge in [0.05, 0.1) is 12.3 Å². The van der Waals surface area contributed by atoms with Gasteiger partial charge in [-0.25, -0.2) is 0 Å². The van der Waals surface area contributed by atoms with Gasteiger partial charge < -0.3 is 4.97 Å². The second kappa shape index (κ2) is 5.68. The molecule has 1 saturated heterocycles. The predicted molar refractivity (Wildman–Crippen MR) is 85.6 cm³/mol. The van der Waals surface area contributed by atoms with Crippen molar-refractivity contribution in [3.63, 3.8) is 0 Å². The molecule has 3 rings (SSSR count). The first kappa shape index (κ1) is 13.8. The number of benzene rings is 2.